The van der Waals surface area contributed by atoms with E-state index in [1.54, 1.807) is 0 Å². The van der Waals surface area contributed by atoms with Crippen molar-refractivity contribution in [1.29, 1.82) is 0 Å². The number of nitrogens with one attached hydrogen (secondary N) is 2. The number of hydrogen-bond acceptors (Lipinski definition) is 2. The molecule has 0 aliphatic rings. The zero-order chi connectivity index (χ0) is 13.8. The molecule has 1 rings (SSSR count). The Kier molecular flexibility index (Phi) is 4.73. The standard InChI is InChI=1S/C14H24N4/c1-10(2)16-13(18-15)17-12-8-6-11(7-9-12)14(3,4)5/h6-10H,15H2,1-5H3,(H2,16,17,18). The largest absolute Gasteiger partial charge is 0.325 e. The van der Waals surface area contributed by atoms with E-state index in [1.165, 1.54) is 5.56 Å². The number of aliphatic imine (C=N–C) groups is 1. The van der Waals surface area contributed by atoms with E-state index in [4.69, 9.17) is 5.84 Å². The molecule has 0 heterocycles. The van der Waals surface area contributed by atoms with Crippen molar-refractivity contribution in [3.8, 4) is 0 Å². The normalized spacial score (nSPS) is 12.7. The van der Waals surface area contributed by atoms with Crippen molar-refractivity contribution >= 4 is 11.6 Å². The fourth-order valence-electron chi connectivity index (χ4n) is 1.55. The van der Waals surface area contributed by atoms with Gasteiger partial charge in [0.1, 0.15) is 0 Å². The molecule has 4 heteroatoms. The highest BCUT2D eigenvalue weighted by molar-refractivity contribution is 5.93. The van der Waals surface area contributed by atoms with Crippen LogP contribution in [0.4, 0.5) is 5.69 Å². The van der Waals surface area contributed by atoms with Gasteiger partial charge in [0, 0.05) is 11.7 Å². The number of nitrogens with zero attached hydrogens (tertiary/aromatic N) is 1. The number of nitrogens with two attached hydrogens (primary N) is 1. The van der Waals surface area contributed by atoms with Crippen molar-refractivity contribution in [1.82, 2.24) is 5.43 Å². The minimum Gasteiger partial charge on any atom is -0.325 e. The van der Waals surface area contributed by atoms with Gasteiger partial charge in [0.25, 0.3) is 0 Å². The van der Waals surface area contributed by atoms with Crippen LogP contribution in [0.3, 0.4) is 0 Å². The SMILES string of the molecule is CC(C)N=C(NN)Nc1ccc(C(C)(C)C)cc1. The first-order valence-electron chi connectivity index (χ1n) is 6.25. The lowest BCUT2D eigenvalue weighted by molar-refractivity contribution is 0.590. The molecule has 0 spiro atoms. The van der Waals surface area contributed by atoms with Crippen molar-refractivity contribution < 1.29 is 0 Å². The van der Waals surface area contributed by atoms with E-state index < -0.39 is 0 Å². The van der Waals surface area contributed by atoms with Gasteiger partial charge in [-0.05, 0) is 37.0 Å². The average Bonchev–Trinajstić information content (AvgIpc) is 2.27. The summed E-state index contributed by atoms with van der Waals surface area (Å²) >= 11 is 0. The maximum absolute atomic E-state index is 5.42. The summed E-state index contributed by atoms with van der Waals surface area (Å²) in [7, 11) is 0. The van der Waals surface area contributed by atoms with Crippen LogP contribution >= 0.6 is 0 Å². The Balaban J connectivity index is 2.80. The molecule has 0 radical (unpaired) electrons. The third kappa shape index (κ3) is 4.37. The smallest absolute Gasteiger partial charge is 0.210 e. The van der Waals surface area contributed by atoms with Crippen molar-refractivity contribution in [2.45, 2.75) is 46.1 Å². The van der Waals surface area contributed by atoms with Crippen LogP contribution in [0.5, 0.6) is 0 Å². The zero-order valence-electron chi connectivity index (χ0n) is 11.9. The van der Waals surface area contributed by atoms with Gasteiger partial charge in [-0.15, -0.1) is 0 Å². The van der Waals surface area contributed by atoms with Crippen molar-refractivity contribution in [3.63, 3.8) is 0 Å². The van der Waals surface area contributed by atoms with E-state index in [1.807, 2.05) is 26.0 Å². The topological polar surface area (TPSA) is 62.4 Å². The molecule has 18 heavy (non-hydrogen) atoms. The van der Waals surface area contributed by atoms with Crippen LogP contribution in [-0.2, 0) is 5.41 Å². The van der Waals surface area contributed by atoms with Gasteiger partial charge in [-0.3, -0.25) is 5.43 Å². The Labute approximate surface area is 110 Å². The van der Waals surface area contributed by atoms with Crippen LogP contribution in [0.25, 0.3) is 0 Å². The van der Waals surface area contributed by atoms with Crippen LogP contribution in [-0.4, -0.2) is 12.0 Å². The number of hydrogen-bond donors (Lipinski definition) is 3. The van der Waals surface area contributed by atoms with Crippen LogP contribution < -0.4 is 16.6 Å². The summed E-state index contributed by atoms with van der Waals surface area (Å²) in [6.07, 6.45) is 0. The molecule has 0 aliphatic heterocycles. The third-order valence-corrected chi connectivity index (χ3v) is 2.54. The number of hydrazine groups is 1. The number of anilines is 1. The molecular formula is C14H24N4. The lowest BCUT2D eigenvalue weighted by Crippen LogP contribution is -2.36. The number of guanidine groups is 1. The van der Waals surface area contributed by atoms with E-state index in [-0.39, 0.29) is 11.5 Å². The van der Waals surface area contributed by atoms with Gasteiger partial charge in [0.05, 0.1) is 0 Å². The summed E-state index contributed by atoms with van der Waals surface area (Å²) in [5.41, 5.74) is 5.01. The average molecular weight is 248 g/mol. The molecule has 0 bridgehead atoms. The summed E-state index contributed by atoms with van der Waals surface area (Å²) in [5.74, 6) is 6.00. The molecule has 0 aliphatic carbocycles. The van der Waals surface area contributed by atoms with Crippen LogP contribution in [0.1, 0.15) is 40.2 Å². The molecule has 0 atom stereocenters. The van der Waals surface area contributed by atoms with E-state index in [0.717, 1.165) is 5.69 Å². The summed E-state index contributed by atoms with van der Waals surface area (Å²) in [6.45, 7) is 10.6. The second kappa shape index (κ2) is 5.87. The van der Waals surface area contributed by atoms with Gasteiger partial charge in [-0.1, -0.05) is 32.9 Å². The predicted molar refractivity (Wildman–Crippen MR) is 78.7 cm³/mol. The molecule has 1 aromatic carbocycles. The highest BCUT2D eigenvalue weighted by Gasteiger charge is 2.12. The molecular weight excluding hydrogens is 224 g/mol. The Morgan fingerprint density at radius 2 is 1.72 bits per heavy atom. The molecule has 0 unspecified atom stereocenters. The Morgan fingerprint density at radius 1 is 1.17 bits per heavy atom. The monoisotopic (exact) mass is 248 g/mol. The Bertz CT molecular complexity index is 399. The van der Waals surface area contributed by atoms with Crippen LogP contribution in [0.15, 0.2) is 29.3 Å². The molecule has 0 saturated heterocycles. The van der Waals surface area contributed by atoms with Crippen molar-refractivity contribution in [2.24, 2.45) is 10.8 Å². The van der Waals surface area contributed by atoms with Crippen molar-refractivity contribution in [2.75, 3.05) is 5.32 Å². The highest BCUT2D eigenvalue weighted by Crippen LogP contribution is 2.23. The summed E-state index contributed by atoms with van der Waals surface area (Å²) in [6, 6.07) is 8.50. The lowest BCUT2D eigenvalue weighted by atomic mass is 9.87. The molecule has 0 saturated carbocycles. The molecule has 100 valence electrons. The van der Waals surface area contributed by atoms with Gasteiger partial charge in [-0.2, -0.15) is 0 Å². The zero-order valence-corrected chi connectivity index (χ0v) is 11.9. The minimum atomic E-state index is 0.166. The van der Waals surface area contributed by atoms with E-state index in [0.29, 0.717) is 5.96 Å². The van der Waals surface area contributed by atoms with Gasteiger partial charge >= 0.3 is 0 Å². The minimum absolute atomic E-state index is 0.166. The summed E-state index contributed by atoms with van der Waals surface area (Å²) in [5, 5.41) is 3.15. The predicted octanol–water partition coefficient (Wildman–Crippen LogP) is 2.62. The Hall–Kier alpha value is -1.55. The second-order valence-electron chi connectivity index (χ2n) is 5.67. The highest BCUT2D eigenvalue weighted by atomic mass is 15.3. The van der Waals surface area contributed by atoms with Gasteiger partial charge < -0.3 is 5.32 Å². The lowest BCUT2D eigenvalue weighted by Gasteiger charge is -2.19. The van der Waals surface area contributed by atoms with Gasteiger partial charge in [0.15, 0.2) is 0 Å². The summed E-state index contributed by atoms with van der Waals surface area (Å²) < 4.78 is 0. The number of benzene rings is 1. The maximum atomic E-state index is 5.42. The first-order valence-corrected chi connectivity index (χ1v) is 6.25. The fraction of sp³-hybridized carbons (Fsp3) is 0.500. The van der Waals surface area contributed by atoms with E-state index in [9.17, 15) is 0 Å². The van der Waals surface area contributed by atoms with E-state index in [2.05, 4.69) is 48.6 Å². The molecule has 1 aromatic rings. The number of rotatable bonds is 2. The van der Waals surface area contributed by atoms with Crippen LogP contribution in [0.2, 0.25) is 0 Å². The second-order valence-corrected chi connectivity index (χ2v) is 5.67. The quantitative estimate of drug-likeness (QED) is 0.326. The third-order valence-electron chi connectivity index (χ3n) is 2.54. The Morgan fingerprint density at radius 3 is 2.11 bits per heavy atom. The first-order chi connectivity index (χ1) is 8.32. The van der Waals surface area contributed by atoms with Gasteiger partial charge in [0.2, 0.25) is 5.96 Å². The van der Waals surface area contributed by atoms with Crippen LogP contribution in [0, 0.1) is 0 Å². The fourth-order valence-corrected chi connectivity index (χ4v) is 1.55. The van der Waals surface area contributed by atoms with E-state index >= 15 is 0 Å². The molecule has 0 fully saturated rings. The first kappa shape index (κ1) is 14.5. The maximum Gasteiger partial charge on any atom is 0.210 e. The van der Waals surface area contributed by atoms with Gasteiger partial charge in [-0.25, -0.2) is 10.8 Å². The summed E-state index contributed by atoms with van der Waals surface area (Å²) in [4.78, 5) is 4.33. The molecule has 4 nitrogen and oxygen atoms in total. The molecule has 0 amide bonds. The molecule has 4 N–H and O–H groups in total. The molecule has 0 aromatic heterocycles. The van der Waals surface area contributed by atoms with Crippen molar-refractivity contribution in [3.05, 3.63) is 29.8 Å².